The van der Waals surface area contributed by atoms with Crippen LogP contribution in [0.15, 0.2) is 30.3 Å². The Morgan fingerprint density at radius 3 is 2.32 bits per heavy atom. The van der Waals surface area contributed by atoms with Crippen LogP contribution in [0.5, 0.6) is 0 Å². The molecule has 3 rings (SSSR count). The summed E-state index contributed by atoms with van der Waals surface area (Å²) in [5, 5.41) is 0. The quantitative estimate of drug-likeness (QED) is 0.891. The summed E-state index contributed by atoms with van der Waals surface area (Å²) >= 11 is 0. The molecule has 0 saturated carbocycles. The maximum absolute atomic E-state index is 13.1. The number of nitrogens with two attached hydrogens (primary N) is 1. The SMILES string of the molecule is NCC1(C(=O)N2CCCN(C(=O)c3ccccc3)CC2)CCOCC1. The van der Waals surface area contributed by atoms with Crippen LogP contribution in [0.3, 0.4) is 0 Å². The molecule has 2 aliphatic rings. The molecule has 0 radical (unpaired) electrons. The first kappa shape index (κ1) is 17.9. The Morgan fingerprint density at radius 1 is 1.00 bits per heavy atom. The van der Waals surface area contributed by atoms with Crippen LogP contribution in [0.2, 0.25) is 0 Å². The maximum atomic E-state index is 13.1. The van der Waals surface area contributed by atoms with Crippen molar-refractivity contribution in [3.63, 3.8) is 0 Å². The van der Waals surface area contributed by atoms with Crippen molar-refractivity contribution >= 4 is 11.8 Å². The summed E-state index contributed by atoms with van der Waals surface area (Å²) in [4.78, 5) is 29.5. The maximum Gasteiger partial charge on any atom is 0.253 e. The molecule has 2 saturated heterocycles. The summed E-state index contributed by atoms with van der Waals surface area (Å²) in [7, 11) is 0. The highest BCUT2D eigenvalue weighted by molar-refractivity contribution is 5.94. The van der Waals surface area contributed by atoms with E-state index in [0.717, 1.165) is 6.42 Å². The molecule has 0 spiro atoms. The third-order valence-electron chi connectivity index (χ3n) is 5.39. The summed E-state index contributed by atoms with van der Waals surface area (Å²) in [5.74, 6) is 0.168. The fraction of sp³-hybridized carbons (Fsp3) is 0.579. The number of benzene rings is 1. The van der Waals surface area contributed by atoms with Crippen molar-refractivity contribution in [2.24, 2.45) is 11.1 Å². The van der Waals surface area contributed by atoms with E-state index >= 15 is 0 Å². The number of ether oxygens (including phenoxy) is 1. The van der Waals surface area contributed by atoms with Crippen LogP contribution in [-0.2, 0) is 9.53 Å². The van der Waals surface area contributed by atoms with Crippen molar-refractivity contribution in [1.82, 2.24) is 9.80 Å². The zero-order valence-corrected chi connectivity index (χ0v) is 14.7. The lowest BCUT2D eigenvalue weighted by Gasteiger charge is -2.38. The van der Waals surface area contributed by atoms with Crippen LogP contribution >= 0.6 is 0 Å². The van der Waals surface area contributed by atoms with Crippen molar-refractivity contribution < 1.29 is 14.3 Å². The second kappa shape index (κ2) is 7.97. The minimum atomic E-state index is -0.489. The molecule has 2 amide bonds. The first-order valence-electron chi connectivity index (χ1n) is 9.08. The molecule has 6 heteroatoms. The zero-order valence-electron chi connectivity index (χ0n) is 14.7. The Bertz CT molecular complexity index is 599. The number of hydrogen-bond donors (Lipinski definition) is 1. The molecule has 2 heterocycles. The molecule has 0 aromatic heterocycles. The zero-order chi connectivity index (χ0) is 17.7. The molecular formula is C19H27N3O3. The molecule has 1 aromatic carbocycles. The second-order valence-corrected chi connectivity index (χ2v) is 6.90. The number of amides is 2. The third kappa shape index (κ3) is 3.85. The van der Waals surface area contributed by atoms with Crippen molar-refractivity contribution in [2.45, 2.75) is 19.3 Å². The Morgan fingerprint density at radius 2 is 1.64 bits per heavy atom. The molecule has 6 nitrogen and oxygen atoms in total. The molecule has 0 atom stereocenters. The van der Waals surface area contributed by atoms with Crippen molar-refractivity contribution in [1.29, 1.82) is 0 Å². The molecule has 2 N–H and O–H groups in total. The van der Waals surface area contributed by atoms with Gasteiger partial charge in [0.2, 0.25) is 5.91 Å². The molecule has 136 valence electrons. The standard InChI is InChI=1S/C19H27N3O3/c20-15-19(7-13-25-14-8-19)18(24)22-10-4-9-21(11-12-22)17(23)16-5-2-1-3-6-16/h1-3,5-6H,4,7-15,20H2. The van der Waals surface area contributed by atoms with Gasteiger partial charge in [0.1, 0.15) is 0 Å². The molecular weight excluding hydrogens is 318 g/mol. The van der Waals surface area contributed by atoms with E-state index in [1.807, 2.05) is 40.1 Å². The lowest BCUT2D eigenvalue weighted by molar-refractivity contribution is -0.147. The Hall–Kier alpha value is -1.92. The van der Waals surface area contributed by atoms with Gasteiger partial charge in [-0.2, -0.15) is 0 Å². The number of hydrogen-bond acceptors (Lipinski definition) is 4. The van der Waals surface area contributed by atoms with Crippen LogP contribution in [-0.4, -0.2) is 67.6 Å². The normalized spacial score (nSPS) is 20.8. The van der Waals surface area contributed by atoms with Gasteiger partial charge in [0, 0.05) is 51.5 Å². The molecule has 2 fully saturated rings. The van der Waals surface area contributed by atoms with E-state index in [9.17, 15) is 9.59 Å². The van der Waals surface area contributed by atoms with Crippen LogP contribution in [0.4, 0.5) is 0 Å². The van der Waals surface area contributed by atoms with E-state index in [1.54, 1.807) is 0 Å². The first-order chi connectivity index (χ1) is 12.2. The van der Waals surface area contributed by atoms with Crippen molar-refractivity contribution in [3.05, 3.63) is 35.9 Å². The molecule has 0 unspecified atom stereocenters. The highest BCUT2D eigenvalue weighted by atomic mass is 16.5. The molecule has 0 bridgehead atoms. The van der Waals surface area contributed by atoms with E-state index in [2.05, 4.69) is 0 Å². The average Bonchev–Trinajstić information content (AvgIpc) is 2.94. The summed E-state index contributed by atoms with van der Waals surface area (Å²) in [6.07, 6.45) is 2.17. The largest absolute Gasteiger partial charge is 0.381 e. The number of rotatable bonds is 3. The number of nitrogens with zero attached hydrogens (tertiary/aromatic N) is 2. The topological polar surface area (TPSA) is 75.9 Å². The van der Waals surface area contributed by atoms with Crippen LogP contribution in [0, 0.1) is 5.41 Å². The fourth-order valence-corrected chi connectivity index (χ4v) is 3.69. The number of carbonyl (C=O) groups is 2. The Kier molecular flexibility index (Phi) is 5.71. The summed E-state index contributed by atoms with van der Waals surface area (Å²) < 4.78 is 5.41. The lowest BCUT2D eigenvalue weighted by Crippen LogP contribution is -2.51. The monoisotopic (exact) mass is 345 g/mol. The second-order valence-electron chi connectivity index (χ2n) is 6.90. The van der Waals surface area contributed by atoms with Gasteiger partial charge in [0.25, 0.3) is 5.91 Å². The van der Waals surface area contributed by atoms with Gasteiger partial charge in [-0.05, 0) is 31.4 Å². The van der Waals surface area contributed by atoms with Crippen LogP contribution in [0.1, 0.15) is 29.6 Å². The van der Waals surface area contributed by atoms with Gasteiger partial charge in [-0.25, -0.2) is 0 Å². The van der Waals surface area contributed by atoms with E-state index < -0.39 is 5.41 Å². The van der Waals surface area contributed by atoms with Crippen molar-refractivity contribution in [2.75, 3.05) is 45.9 Å². The minimum Gasteiger partial charge on any atom is -0.381 e. The van der Waals surface area contributed by atoms with Gasteiger partial charge in [-0.3, -0.25) is 9.59 Å². The van der Waals surface area contributed by atoms with Gasteiger partial charge in [-0.15, -0.1) is 0 Å². The van der Waals surface area contributed by atoms with E-state index in [4.69, 9.17) is 10.5 Å². The molecule has 2 aliphatic heterocycles. The predicted octanol–water partition coefficient (Wildman–Crippen LogP) is 1.12. The first-order valence-corrected chi connectivity index (χ1v) is 9.08. The van der Waals surface area contributed by atoms with E-state index in [-0.39, 0.29) is 11.8 Å². The lowest BCUT2D eigenvalue weighted by atomic mass is 9.79. The van der Waals surface area contributed by atoms with Gasteiger partial charge < -0.3 is 20.3 Å². The molecule has 1 aromatic rings. The highest BCUT2D eigenvalue weighted by Crippen LogP contribution is 2.32. The minimum absolute atomic E-state index is 0.0366. The van der Waals surface area contributed by atoms with E-state index in [1.165, 1.54) is 0 Å². The van der Waals surface area contributed by atoms with Gasteiger partial charge in [0.05, 0.1) is 5.41 Å². The fourth-order valence-electron chi connectivity index (χ4n) is 3.69. The highest BCUT2D eigenvalue weighted by Gasteiger charge is 2.41. The van der Waals surface area contributed by atoms with Gasteiger partial charge in [-0.1, -0.05) is 18.2 Å². The molecule has 25 heavy (non-hydrogen) atoms. The van der Waals surface area contributed by atoms with Gasteiger partial charge in [0.15, 0.2) is 0 Å². The smallest absolute Gasteiger partial charge is 0.253 e. The Labute approximate surface area is 148 Å². The van der Waals surface area contributed by atoms with E-state index in [0.29, 0.717) is 64.3 Å². The Balaban J connectivity index is 1.65. The summed E-state index contributed by atoms with van der Waals surface area (Å²) in [6, 6.07) is 9.32. The van der Waals surface area contributed by atoms with Crippen LogP contribution < -0.4 is 5.73 Å². The van der Waals surface area contributed by atoms with Crippen molar-refractivity contribution in [3.8, 4) is 0 Å². The third-order valence-corrected chi connectivity index (χ3v) is 5.39. The average molecular weight is 345 g/mol. The predicted molar refractivity (Wildman–Crippen MR) is 95.1 cm³/mol. The number of carbonyl (C=O) groups excluding carboxylic acids is 2. The molecule has 0 aliphatic carbocycles. The van der Waals surface area contributed by atoms with Crippen LogP contribution in [0.25, 0.3) is 0 Å². The van der Waals surface area contributed by atoms with Gasteiger partial charge >= 0.3 is 0 Å². The summed E-state index contributed by atoms with van der Waals surface area (Å²) in [5.41, 5.74) is 6.18. The summed E-state index contributed by atoms with van der Waals surface area (Å²) in [6.45, 7) is 4.04.